The number of methoxy groups -OCH3 is 1. The first-order chi connectivity index (χ1) is 12.0. The van der Waals surface area contributed by atoms with Crippen LogP contribution in [0.3, 0.4) is 0 Å². The van der Waals surface area contributed by atoms with Gasteiger partial charge in [0.25, 0.3) is 0 Å². The fourth-order valence-electron chi connectivity index (χ4n) is 2.54. The van der Waals surface area contributed by atoms with Gasteiger partial charge in [-0.3, -0.25) is 4.79 Å². The summed E-state index contributed by atoms with van der Waals surface area (Å²) in [5, 5.41) is 12.3. The zero-order valence-electron chi connectivity index (χ0n) is 13.9. The Morgan fingerprint density at radius 2 is 1.80 bits per heavy atom. The van der Waals surface area contributed by atoms with Crippen molar-refractivity contribution < 1.29 is 19.4 Å². The lowest BCUT2D eigenvalue weighted by Gasteiger charge is -2.31. The van der Waals surface area contributed by atoms with Gasteiger partial charge in [0.15, 0.2) is 0 Å². The molecule has 5 heteroatoms. The average Bonchev–Trinajstić information content (AvgIpc) is 2.65. The minimum Gasteiger partial charge on any atom is -0.481 e. The zero-order chi connectivity index (χ0) is 18.3. The van der Waals surface area contributed by atoms with Gasteiger partial charge in [0.2, 0.25) is 0 Å². The maximum absolute atomic E-state index is 11.5. The lowest BCUT2D eigenvalue weighted by Crippen LogP contribution is -2.34. The summed E-state index contributed by atoms with van der Waals surface area (Å²) in [6, 6.07) is 16.0. The average molecular weight is 337 g/mol. The first kappa shape index (κ1) is 18.1. The third-order valence-electron chi connectivity index (χ3n) is 3.89. The van der Waals surface area contributed by atoms with E-state index in [0.29, 0.717) is 11.3 Å². The molecule has 1 atom stereocenters. The number of esters is 1. The summed E-state index contributed by atoms with van der Waals surface area (Å²) in [5.41, 5.74) is 0.937. The van der Waals surface area contributed by atoms with Gasteiger partial charge in [-0.25, -0.2) is 4.79 Å². The molecule has 0 aliphatic rings. The monoisotopic (exact) mass is 337 g/mol. The summed E-state index contributed by atoms with van der Waals surface area (Å²) in [4.78, 5) is 22.6. The van der Waals surface area contributed by atoms with Crippen molar-refractivity contribution >= 4 is 17.6 Å². The topological polar surface area (TPSA) is 75.6 Å². The molecule has 0 heterocycles. The lowest BCUT2D eigenvalue weighted by molar-refractivity contribution is -0.137. The van der Waals surface area contributed by atoms with Gasteiger partial charge in [-0.05, 0) is 36.2 Å². The molecule has 2 aromatic rings. The Bertz CT molecular complexity index is 778. The highest BCUT2D eigenvalue weighted by atomic mass is 16.5. The fourth-order valence-corrected chi connectivity index (χ4v) is 2.54. The van der Waals surface area contributed by atoms with Gasteiger partial charge in [0, 0.05) is 12.1 Å². The minimum absolute atomic E-state index is 0.0770. The Labute approximate surface area is 146 Å². The summed E-state index contributed by atoms with van der Waals surface area (Å²) < 4.78 is 4.68. The zero-order valence-corrected chi connectivity index (χ0v) is 13.9. The van der Waals surface area contributed by atoms with Crippen molar-refractivity contribution in [2.24, 2.45) is 0 Å². The Morgan fingerprint density at radius 1 is 1.16 bits per heavy atom. The number of aliphatic carboxylic acids is 1. The Balaban J connectivity index is 2.34. The van der Waals surface area contributed by atoms with Crippen LogP contribution in [0.2, 0.25) is 0 Å². The van der Waals surface area contributed by atoms with Crippen LogP contribution in [-0.2, 0) is 15.1 Å². The van der Waals surface area contributed by atoms with Gasteiger partial charge in [0.1, 0.15) is 5.54 Å². The van der Waals surface area contributed by atoms with E-state index in [-0.39, 0.29) is 12.8 Å². The van der Waals surface area contributed by atoms with E-state index < -0.39 is 17.5 Å². The number of anilines is 1. The molecule has 128 valence electrons. The summed E-state index contributed by atoms with van der Waals surface area (Å²) in [6.45, 7) is 0. The molecule has 0 bridgehead atoms. The number of rotatable bonds is 7. The largest absolute Gasteiger partial charge is 0.481 e. The van der Waals surface area contributed by atoms with Crippen LogP contribution in [0.1, 0.15) is 28.8 Å². The number of hydrogen-bond acceptors (Lipinski definition) is 4. The van der Waals surface area contributed by atoms with E-state index in [2.05, 4.69) is 16.0 Å². The number of carboxylic acid groups (broad SMARTS) is 1. The van der Waals surface area contributed by atoms with Gasteiger partial charge < -0.3 is 15.2 Å². The maximum Gasteiger partial charge on any atom is 0.337 e. The molecule has 0 aliphatic heterocycles. The highest BCUT2D eigenvalue weighted by molar-refractivity contribution is 5.89. The molecule has 5 nitrogen and oxygen atoms in total. The molecule has 0 radical (unpaired) electrons. The van der Waals surface area contributed by atoms with Crippen LogP contribution in [0, 0.1) is 12.3 Å². The van der Waals surface area contributed by atoms with Crippen molar-refractivity contribution in [2.45, 2.75) is 18.4 Å². The highest BCUT2D eigenvalue weighted by Gasteiger charge is 2.30. The molecule has 0 spiro atoms. The van der Waals surface area contributed by atoms with E-state index in [4.69, 9.17) is 11.5 Å². The first-order valence-corrected chi connectivity index (χ1v) is 7.72. The quantitative estimate of drug-likeness (QED) is 0.599. The van der Waals surface area contributed by atoms with Crippen LogP contribution in [0.5, 0.6) is 0 Å². The summed E-state index contributed by atoms with van der Waals surface area (Å²) in [7, 11) is 1.32. The molecule has 0 saturated heterocycles. The second-order valence-corrected chi connectivity index (χ2v) is 5.50. The summed E-state index contributed by atoms with van der Waals surface area (Å²) >= 11 is 0. The van der Waals surface area contributed by atoms with E-state index >= 15 is 0 Å². The molecule has 2 rings (SSSR count). The number of terminal acetylenes is 1. The molecule has 2 aromatic carbocycles. The SMILES string of the molecule is C#C[C@@](CCC(=O)O)(Nc1ccc(C(=O)OC)cc1)c1ccccc1. The number of carbonyl (C=O) groups is 2. The van der Waals surface area contributed by atoms with E-state index in [0.717, 1.165) is 5.56 Å². The molecule has 0 saturated carbocycles. The van der Waals surface area contributed by atoms with Gasteiger partial charge in [-0.1, -0.05) is 36.3 Å². The second kappa shape index (κ2) is 8.02. The van der Waals surface area contributed by atoms with Crippen LogP contribution in [-0.4, -0.2) is 24.2 Å². The number of nitrogens with one attached hydrogen (secondary N) is 1. The first-order valence-electron chi connectivity index (χ1n) is 7.72. The van der Waals surface area contributed by atoms with Gasteiger partial charge in [-0.15, -0.1) is 6.42 Å². The Morgan fingerprint density at radius 3 is 2.32 bits per heavy atom. The van der Waals surface area contributed by atoms with Crippen LogP contribution in [0.15, 0.2) is 54.6 Å². The van der Waals surface area contributed by atoms with E-state index in [1.165, 1.54) is 7.11 Å². The Hall–Kier alpha value is -3.26. The van der Waals surface area contributed by atoms with E-state index in [9.17, 15) is 9.59 Å². The van der Waals surface area contributed by atoms with Gasteiger partial charge >= 0.3 is 11.9 Å². The predicted octanol–water partition coefficient (Wildman–Crippen LogP) is 3.28. The smallest absolute Gasteiger partial charge is 0.337 e. The third kappa shape index (κ3) is 4.39. The van der Waals surface area contributed by atoms with Crippen LogP contribution >= 0.6 is 0 Å². The number of carbonyl (C=O) groups excluding carboxylic acids is 1. The number of carboxylic acids is 1. The van der Waals surface area contributed by atoms with Gasteiger partial charge in [-0.2, -0.15) is 0 Å². The second-order valence-electron chi connectivity index (χ2n) is 5.50. The summed E-state index contributed by atoms with van der Waals surface area (Å²) in [6.07, 6.45) is 5.94. The van der Waals surface area contributed by atoms with Crippen molar-refractivity contribution in [1.29, 1.82) is 0 Å². The maximum atomic E-state index is 11.5. The fraction of sp³-hybridized carbons (Fsp3) is 0.200. The molecule has 0 fully saturated rings. The molecule has 0 aromatic heterocycles. The van der Waals surface area contributed by atoms with E-state index in [1.807, 2.05) is 30.3 Å². The highest BCUT2D eigenvalue weighted by Crippen LogP contribution is 2.31. The minimum atomic E-state index is -0.966. The molecular formula is C20H19NO4. The molecule has 0 unspecified atom stereocenters. The van der Waals surface area contributed by atoms with Crippen LogP contribution < -0.4 is 5.32 Å². The van der Waals surface area contributed by atoms with Gasteiger partial charge in [0.05, 0.1) is 12.7 Å². The van der Waals surface area contributed by atoms with Crippen molar-refractivity contribution in [3.63, 3.8) is 0 Å². The molecule has 2 N–H and O–H groups in total. The third-order valence-corrected chi connectivity index (χ3v) is 3.89. The standard InChI is InChI=1S/C20H19NO4/c1-3-20(14-13-18(22)23,16-7-5-4-6-8-16)21-17-11-9-15(10-12-17)19(24)25-2/h1,4-12,21H,13-14H2,2H3,(H,22,23)/t20-/m0/s1. The predicted molar refractivity (Wildman–Crippen MR) is 95.2 cm³/mol. The molecule has 25 heavy (non-hydrogen) atoms. The summed E-state index contributed by atoms with van der Waals surface area (Å²) in [5.74, 6) is 1.37. The number of ether oxygens (including phenoxy) is 1. The van der Waals surface area contributed by atoms with E-state index in [1.54, 1.807) is 24.3 Å². The molecular weight excluding hydrogens is 318 g/mol. The van der Waals surface area contributed by atoms with Crippen molar-refractivity contribution in [2.75, 3.05) is 12.4 Å². The van der Waals surface area contributed by atoms with Crippen molar-refractivity contribution in [3.05, 3.63) is 65.7 Å². The Kier molecular flexibility index (Phi) is 5.80. The van der Waals surface area contributed by atoms with Crippen LogP contribution in [0.4, 0.5) is 5.69 Å². The van der Waals surface area contributed by atoms with Crippen molar-refractivity contribution in [1.82, 2.24) is 0 Å². The molecule has 0 amide bonds. The molecule has 0 aliphatic carbocycles. The lowest BCUT2D eigenvalue weighted by atomic mass is 9.85. The number of benzene rings is 2. The van der Waals surface area contributed by atoms with Crippen LogP contribution in [0.25, 0.3) is 0 Å². The number of hydrogen-bond donors (Lipinski definition) is 2. The normalized spacial score (nSPS) is 12.5. The van der Waals surface area contributed by atoms with Crippen molar-refractivity contribution in [3.8, 4) is 12.3 Å².